The standard InChI is InChI=1S/C16H17N3O2S2/c1-10(14-4-3-7-22-14)17-15(20)9-23-16-18-12-6-5-11(21-2)8-13(12)19-16/h3-8,10H,9H2,1-2H3,(H,17,20)(H,18,19). The van der Waals surface area contributed by atoms with E-state index in [0.717, 1.165) is 26.8 Å². The third-order valence-corrected chi connectivity index (χ3v) is 5.28. The minimum absolute atomic E-state index is 0.00561. The first-order valence-corrected chi connectivity index (χ1v) is 9.01. The SMILES string of the molecule is COc1ccc2nc(SCC(=O)NC(C)c3cccs3)[nH]c2c1. The van der Waals surface area contributed by atoms with E-state index in [1.54, 1.807) is 18.4 Å². The number of nitrogens with one attached hydrogen (secondary N) is 2. The fourth-order valence-electron chi connectivity index (χ4n) is 2.19. The number of carbonyl (C=O) groups excluding carboxylic acids is 1. The van der Waals surface area contributed by atoms with Crippen molar-refractivity contribution in [3.8, 4) is 5.75 Å². The van der Waals surface area contributed by atoms with Gasteiger partial charge >= 0.3 is 0 Å². The van der Waals surface area contributed by atoms with Crippen molar-refractivity contribution in [2.45, 2.75) is 18.1 Å². The van der Waals surface area contributed by atoms with Gasteiger partial charge < -0.3 is 15.0 Å². The van der Waals surface area contributed by atoms with Crippen molar-refractivity contribution in [1.82, 2.24) is 15.3 Å². The number of aromatic amines is 1. The first-order valence-electron chi connectivity index (χ1n) is 7.15. The van der Waals surface area contributed by atoms with E-state index in [1.165, 1.54) is 11.8 Å². The molecule has 0 spiro atoms. The second-order valence-electron chi connectivity index (χ2n) is 5.02. The van der Waals surface area contributed by atoms with Crippen molar-refractivity contribution < 1.29 is 9.53 Å². The van der Waals surface area contributed by atoms with Crippen LogP contribution in [0.3, 0.4) is 0 Å². The number of hydrogen-bond acceptors (Lipinski definition) is 5. The van der Waals surface area contributed by atoms with Gasteiger partial charge in [-0.15, -0.1) is 11.3 Å². The molecule has 0 saturated heterocycles. The van der Waals surface area contributed by atoms with E-state index in [-0.39, 0.29) is 11.9 Å². The lowest BCUT2D eigenvalue weighted by Crippen LogP contribution is -2.27. The van der Waals surface area contributed by atoms with Gasteiger partial charge in [0.15, 0.2) is 5.16 Å². The second kappa shape index (κ2) is 7.06. The number of fused-ring (bicyclic) bond motifs is 1. The van der Waals surface area contributed by atoms with Crippen LogP contribution in [0.25, 0.3) is 11.0 Å². The quantitative estimate of drug-likeness (QED) is 0.669. The average molecular weight is 347 g/mol. The number of methoxy groups -OCH3 is 1. The van der Waals surface area contributed by atoms with E-state index in [1.807, 2.05) is 42.6 Å². The van der Waals surface area contributed by atoms with E-state index in [9.17, 15) is 4.79 Å². The van der Waals surface area contributed by atoms with Crippen molar-refractivity contribution in [2.75, 3.05) is 12.9 Å². The molecule has 0 fully saturated rings. The Balaban J connectivity index is 1.58. The van der Waals surface area contributed by atoms with Gasteiger partial charge in [-0.1, -0.05) is 17.8 Å². The Morgan fingerprint density at radius 1 is 1.48 bits per heavy atom. The molecule has 2 N–H and O–H groups in total. The van der Waals surface area contributed by atoms with Crippen LogP contribution in [-0.4, -0.2) is 28.7 Å². The lowest BCUT2D eigenvalue weighted by molar-refractivity contribution is -0.119. The zero-order valence-corrected chi connectivity index (χ0v) is 14.5. The summed E-state index contributed by atoms with van der Waals surface area (Å²) in [6.45, 7) is 1.99. The smallest absolute Gasteiger partial charge is 0.230 e. The van der Waals surface area contributed by atoms with Crippen molar-refractivity contribution in [1.29, 1.82) is 0 Å². The predicted octanol–water partition coefficient (Wildman–Crippen LogP) is 3.60. The molecule has 2 aromatic heterocycles. The molecule has 7 heteroatoms. The van der Waals surface area contributed by atoms with Gasteiger partial charge in [-0.05, 0) is 30.5 Å². The Morgan fingerprint density at radius 3 is 3.09 bits per heavy atom. The predicted molar refractivity (Wildman–Crippen MR) is 94.2 cm³/mol. The molecule has 1 unspecified atom stereocenters. The van der Waals surface area contributed by atoms with Gasteiger partial charge in [0, 0.05) is 10.9 Å². The number of amides is 1. The molecule has 5 nitrogen and oxygen atoms in total. The van der Waals surface area contributed by atoms with Crippen LogP contribution >= 0.6 is 23.1 Å². The number of nitrogens with zero attached hydrogens (tertiary/aromatic N) is 1. The molecule has 23 heavy (non-hydrogen) atoms. The Morgan fingerprint density at radius 2 is 2.35 bits per heavy atom. The van der Waals surface area contributed by atoms with E-state index in [2.05, 4.69) is 15.3 Å². The first-order chi connectivity index (χ1) is 11.2. The van der Waals surface area contributed by atoms with E-state index in [0.29, 0.717) is 5.75 Å². The topological polar surface area (TPSA) is 67.0 Å². The molecule has 0 aliphatic rings. The number of imidazole rings is 1. The molecule has 2 heterocycles. The maximum atomic E-state index is 12.0. The highest BCUT2D eigenvalue weighted by Gasteiger charge is 2.12. The molecule has 0 saturated carbocycles. The molecule has 3 aromatic rings. The second-order valence-corrected chi connectivity index (χ2v) is 6.96. The Kier molecular flexibility index (Phi) is 4.88. The normalized spacial score (nSPS) is 12.3. The monoisotopic (exact) mass is 347 g/mol. The molecule has 120 valence electrons. The summed E-state index contributed by atoms with van der Waals surface area (Å²) in [6.07, 6.45) is 0. The van der Waals surface area contributed by atoms with Crippen LogP contribution in [0.1, 0.15) is 17.8 Å². The Bertz CT molecular complexity index is 799. The van der Waals surface area contributed by atoms with Crippen LogP contribution in [0.4, 0.5) is 0 Å². The molecule has 1 aromatic carbocycles. The van der Waals surface area contributed by atoms with Crippen LogP contribution in [0, 0.1) is 0 Å². The van der Waals surface area contributed by atoms with Crippen LogP contribution < -0.4 is 10.1 Å². The molecule has 0 bridgehead atoms. The number of thioether (sulfide) groups is 1. The summed E-state index contributed by atoms with van der Waals surface area (Å²) in [5.74, 6) is 1.10. The summed E-state index contributed by atoms with van der Waals surface area (Å²) >= 11 is 3.03. The van der Waals surface area contributed by atoms with Gasteiger partial charge in [-0.2, -0.15) is 0 Å². The van der Waals surface area contributed by atoms with E-state index < -0.39 is 0 Å². The zero-order chi connectivity index (χ0) is 16.2. The number of rotatable bonds is 6. The Hall–Kier alpha value is -1.99. The minimum Gasteiger partial charge on any atom is -0.497 e. The molecule has 1 amide bonds. The third kappa shape index (κ3) is 3.86. The summed E-state index contributed by atoms with van der Waals surface area (Å²) < 4.78 is 5.19. The average Bonchev–Trinajstić information content (AvgIpc) is 3.21. The number of hydrogen-bond donors (Lipinski definition) is 2. The largest absolute Gasteiger partial charge is 0.497 e. The Labute approximate surface area is 142 Å². The summed E-state index contributed by atoms with van der Waals surface area (Å²) in [7, 11) is 1.63. The van der Waals surface area contributed by atoms with Gasteiger partial charge in [0.2, 0.25) is 5.91 Å². The highest BCUT2D eigenvalue weighted by atomic mass is 32.2. The van der Waals surface area contributed by atoms with Crippen LogP contribution in [0.2, 0.25) is 0 Å². The van der Waals surface area contributed by atoms with Crippen molar-refractivity contribution in [3.05, 3.63) is 40.6 Å². The van der Waals surface area contributed by atoms with Gasteiger partial charge in [0.25, 0.3) is 0 Å². The number of aromatic nitrogens is 2. The molecular formula is C16H17N3O2S2. The zero-order valence-electron chi connectivity index (χ0n) is 12.8. The number of ether oxygens (including phenoxy) is 1. The summed E-state index contributed by atoms with van der Waals surface area (Å²) in [6, 6.07) is 9.70. The van der Waals surface area contributed by atoms with Crippen LogP contribution in [0.5, 0.6) is 5.75 Å². The summed E-state index contributed by atoms with van der Waals surface area (Å²) in [4.78, 5) is 20.9. The fraction of sp³-hybridized carbons (Fsp3) is 0.250. The number of carbonyl (C=O) groups is 1. The lowest BCUT2D eigenvalue weighted by atomic mass is 10.3. The third-order valence-electron chi connectivity index (χ3n) is 3.35. The summed E-state index contributed by atoms with van der Waals surface area (Å²) in [5, 5.41) is 5.73. The molecule has 0 radical (unpaired) electrons. The minimum atomic E-state index is -0.00561. The fourth-order valence-corrected chi connectivity index (χ4v) is 3.62. The molecular weight excluding hydrogens is 330 g/mol. The van der Waals surface area contributed by atoms with Gasteiger partial charge in [0.1, 0.15) is 5.75 Å². The van der Waals surface area contributed by atoms with Crippen molar-refractivity contribution >= 4 is 40.0 Å². The van der Waals surface area contributed by atoms with E-state index >= 15 is 0 Å². The maximum absolute atomic E-state index is 12.0. The molecule has 0 aliphatic carbocycles. The van der Waals surface area contributed by atoms with Crippen molar-refractivity contribution in [3.63, 3.8) is 0 Å². The number of H-pyrrole nitrogens is 1. The maximum Gasteiger partial charge on any atom is 0.230 e. The van der Waals surface area contributed by atoms with Crippen LogP contribution in [0.15, 0.2) is 40.9 Å². The van der Waals surface area contributed by atoms with Crippen molar-refractivity contribution in [2.24, 2.45) is 0 Å². The number of benzene rings is 1. The van der Waals surface area contributed by atoms with Gasteiger partial charge in [-0.3, -0.25) is 4.79 Å². The molecule has 1 atom stereocenters. The lowest BCUT2D eigenvalue weighted by Gasteiger charge is -2.11. The first kappa shape index (κ1) is 15.9. The molecule has 3 rings (SSSR count). The highest BCUT2D eigenvalue weighted by molar-refractivity contribution is 7.99. The molecule has 0 aliphatic heterocycles. The van der Waals surface area contributed by atoms with E-state index in [4.69, 9.17) is 4.74 Å². The van der Waals surface area contributed by atoms with Gasteiger partial charge in [-0.25, -0.2) is 4.98 Å². The number of thiophene rings is 1. The summed E-state index contributed by atoms with van der Waals surface area (Å²) in [5.41, 5.74) is 1.76. The highest BCUT2D eigenvalue weighted by Crippen LogP contribution is 2.23. The van der Waals surface area contributed by atoms with Crippen LogP contribution in [-0.2, 0) is 4.79 Å². The van der Waals surface area contributed by atoms with Gasteiger partial charge in [0.05, 0.1) is 29.9 Å².